The number of benzene rings is 1. The second-order valence-electron chi connectivity index (χ2n) is 4.04. The highest BCUT2D eigenvalue weighted by molar-refractivity contribution is 6.00. The van der Waals surface area contributed by atoms with E-state index in [-0.39, 0.29) is 18.0 Å². The highest BCUT2D eigenvalue weighted by Crippen LogP contribution is 2.25. The number of nitrogens with two attached hydrogens (primary N) is 1. The number of ether oxygens (including phenoxy) is 1. The molecule has 2 amide bonds. The summed E-state index contributed by atoms with van der Waals surface area (Å²) in [4.78, 5) is 22.7. The number of carbonyl (C=O) groups excluding carboxylic acids is 2. The third kappa shape index (κ3) is 4.25. The van der Waals surface area contributed by atoms with Crippen molar-refractivity contribution in [1.82, 2.24) is 0 Å². The largest absolute Gasteiger partial charge is 0.383 e. The van der Waals surface area contributed by atoms with Gasteiger partial charge in [-0.15, -0.1) is 0 Å². The van der Waals surface area contributed by atoms with Gasteiger partial charge in [0.15, 0.2) is 11.6 Å². The fourth-order valence-electron chi connectivity index (χ4n) is 1.42. The summed E-state index contributed by atoms with van der Waals surface area (Å²) >= 11 is 0. The molecule has 1 rings (SSSR count). The Kier molecular flexibility index (Phi) is 5.53. The molecule has 4 N–H and O–H groups in total. The summed E-state index contributed by atoms with van der Waals surface area (Å²) in [7, 11) is 1.37. The van der Waals surface area contributed by atoms with Crippen molar-refractivity contribution in [2.24, 2.45) is 5.73 Å². The molecule has 0 fully saturated rings. The molecule has 1 aromatic rings. The van der Waals surface area contributed by atoms with Gasteiger partial charge in [-0.05, 0) is 0 Å². The number of rotatable bonds is 5. The van der Waals surface area contributed by atoms with Gasteiger partial charge >= 0.3 is 0 Å². The van der Waals surface area contributed by atoms with Crippen LogP contribution in [0.5, 0.6) is 0 Å². The lowest BCUT2D eigenvalue weighted by molar-refractivity contribution is -0.118. The highest BCUT2D eigenvalue weighted by Gasteiger charge is 2.17. The second kappa shape index (κ2) is 6.92. The molecule has 0 heterocycles. The van der Waals surface area contributed by atoms with Gasteiger partial charge in [0.05, 0.1) is 18.0 Å². The molecule has 0 radical (unpaired) electrons. The Hall–Kier alpha value is -2.06. The lowest BCUT2D eigenvalue weighted by Gasteiger charge is -2.15. The minimum absolute atomic E-state index is 0.0367. The van der Waals surface area contributed by atoms with E-state index in [0.29, 0.717) is 0 Å². The Bertz CT molecular complexity index is 523. The average molecular weight is 287 g/mol. The van der Waals surface area contributed by atoms with Crippen LogP contribution in [0.25, 0.3) is 0 Å². The van der Waals surface area contributed by atoms with Crippen molar-refractivity contribution in [1.29, 1.82) is 0 Å². The van der Waals surface area contributed by atoms with Crippen LogP contribution in [0.2, 0.25) is 0 Å². The van der Waals surface area contributed by atoms with E-state index in [4.69, 9.17) is 10.5 Å². The molecule has 1 aromatic carbocycles. The molecule has 20 heavy (non-hydrogen) atoms. The Morgan fingerprint density at radius 1 is 1.25 bits per heavy atom. The molecule has 0 aliphatic carbocycles. The molecule has 8 heteroatoms. The average Bonchev–Trinajstić information content (AvgIpc) is 2.35. The zero-order valence-electron chi connectivity index (χ0n) is 11.0. The molecule has 0 aliphatic heterocycles. The Balaban J connectivity index is 3.00. The Labute approximate surface area is 114 Å². The lowest BCUT2D eigenvalue weighted by Crippen LogP contribution is -2.39. The summed E-state index contributed by atoms with van der Waals surface area (Å²) in [6.07, 6.45) is 0. The molecular weight excluding hydrogens is 272 g/mol. The van der Waals surface area contributed by atoms with Gasteiger partial charge in [-0.3, -0.25) is 9.59 Å². The zero-order valence-corrected chi connectivity index (χ0v) is 11.0. The molecule has 6 nitrogen and oxygen atoms in total. The Morgan fingerprint density at radius 3 is 2.20 bits per heavy atom. The number of halogens is 2. The number of anilines is 2. The Morgan fingerprint density at radius 2 is 1.75 bits per heavy atom. The van der Waals surface area contributed by atoms with E-state index in [0.717, 1.165) is 12.1 Å². The predicted molar refractivity (Wildman–Crippen MR) is 69.1 cm³/mol. The second-order valence-corrected chi connectivity index (χ2v) is 4.04. The smallest absolute Gasteiger partial charge is 0.243 e. The number of carbonyl (C=O) groups is 2. The molecular formula is C12H15F2N3O3. The van der Waals surface area contributed by atoms with E-state index in [2.05, 4.69) is 10.6 Å². The van der Waals surface area contributed by atoms with E-state index < -0.39 is 29.5 Å². The van der Waals surface area contributed by atoms with Gasteiger partial charge in [0.1, 0.15) is 6.04 Å². The number of hydrogen-bond donors (Lipinski definition) is 3. The lowest BCUT2D eigenvalue weighted by atomic mass is 10.2. The van der Waals surface area contributed by atoms with Gasteiger partial charge in [0.2, 0.25) is 11.8 Å². The van der Waals surface area contributed by atoms with Gasteiger partial charge < -0.3 is 21.1 Å². The van der Waals surface area contributed by atoms with Gasteiger partial charge in [-0.1, -0.05) is 0 Å². The standard InChI is InChI=1S/C12H15F2N3O3/c1-6(18)16-10-3-7(13)8(14)4-11(10)17-12(19)9(15)5-20-2/h3-4,9H,5,15H2,1-2H3,(H,16,18)(H,17,19). The first-order chi connectivity index (χ1) is 9.35. The third-order valence-electron chi connectivity index (χ3n) is 2.31. The maximum atomic E-state index is 13.2. The van der Waals surface area contributed by atoms with Crippen LogP contribution in [0.3, 0.4) is 0 Å². The first-order valence-electron chi connectivity index (χ1n) is 5.67. The van der Waals surface area contributed by atoms with Gasteiger partial charge in [-0.25, -0.2) is 8.78 Å². The summed E-state index contributed by atoms with van der Waals surface area (Å²) in [6.45, 7) is 1.16. The first kappa shape index (κ1) is 16.0. The van der Waals surface area contributed by atoms with Crippen LogP contribution in [-0.4, -0.2) is 31.6 Å². The summed E-state index contributed by atoms with van der Waals surface area (Å²) in [6, 6.07) is 0.560. The minimum atomic E-state index is -1.16. The van der Waals surface area contributed by atoms with Crippen LogP contribution >= 0.6 is 0 Å². The predicted octanol–water partition coefficient (Wildman–Crippen LogP) is 0.835. The summed E-state index contributed by atoms with van der Waals surface area (Å²) in [5, 5.41) is 4.59. The van der Waals surface area contributed by atoms with Gasteiger partial charge in [-0.2, -0.15) is 0 Å². The normalized spacial score (nSPS) is 11.8. The fraction of sp³-hybridized carbons (Fsp3) is 0.333. The van der Waals surface area contributed by atoms with Gasteiger partial charge in [0, 0.05) is 26.2 Å². The maximum Gasteiger partial charge on any atom is 0.243 e. The van der Waals surface area contributed by atoms with E-state index in [9.17, 15) is 18.4 Å². The molecule has 0 bridgehead atoms. The summed E-state index contributed by atoms with van der Waals surface area (Å²) in [5.41, 5.74) is 5.35. The third-order valence-corrected chi connectivity index (χ3v) is 2.31. The van der Waals surface area contributed by atoms with Crippen molar-refractivity contribution >= 4 is 23.2 Å². The molecule has 1 unspecified atom stereocenters. The van der Waals surface area contributed by atoms with Crippen LogP contribution < -0.4 is 16.4 Å². The fourth-order valence-corrected chi connectivity index (χ4v) is 1.42. The first-order valence-corrected chi connectivity index (χ1v) is 5.67. The van der Waals surface area contributed by atoms with Crippen LogP contribution in [-0.2, 0) is 14.3 Å². The van der Waals surface area contributed by atoms with Crippen LogP contribution in [0.15, 0.2) is 12.1 Å². The highest BCUT2D eigenvalue weighted by atomic mass is 19.2. The monoisotopic (exact) mass is 287 g/mol. The molecule has 0 aliphatic rings. The van der Waals surface area contributed by atoms with Crippen molar-refractivity contribution in [2.45, 2.75) is 13.0 Å². The van der Waals surface area contributed by atoms with E-state index in [1.54, 1.807) is 0 Å². The number of methoxy groups -OCH3 is 1. The maximum absolute atomic E-state index is 13.2. The van der Waals surface area contributed by atoms with Gasteiger partial charge in [0.25, 0.3) is 0 Å². The van der Waals surface area contributed by atoms with Crippen LogP contribution in [0.4, 0.5) is 20.2 Å². The molecule has 0 saturated heterocycles. The summed E-state index contributed by atoms with van der Waals surface area (Å²) < 4.78 is 31.1. The van der Waals surface area contributed by atoms with E-state index in [1.807, 2.05) is 0 Å². The number of nitrogens with one attached hydrogen (secondary N) is 2. The van der Waals surface area contributed by atoms with Crippen molar-refractivity contribution < 1.29 is 23.1 Å². The number of hydrogen-bond acceptors (Lipinski definition) is 4. The summed E-state index contributed by atoms with van der Waals surface area (Å²) in [5.74, 6) is -3.44. The zero-order chi connectivity index (χ0) is 15.3. The van der Waals surface area contributed by atoms with Crippen LogP contribution in [0.1, 0.15) is 6.92 Å². The van der Waals surface area contributed by atoms with Crippen molar-refractivity contribution in [3.8, 4) is 0 Å². The van der Waals surface area contributed by atoms with Crippen molar-refractivity contribution in [3.05, 3.63) is 23.8 Å². The molecule has 110 valence electrons. The molecule has 1 atom stereocenters. The van der Waals surface area contributed by atoms with E-state index in [1.165, 1.54) is 14.0 Å². The topological polar surface area (TPSA) is 93.4 Å². The van der Waals surface area contributed by atoms with Crippen molar-refractivity contribution in [2.75, 3.05) is 24.4 Å². The van der Waals surface area contributed by atoms with Crippen LogP contribution in [0, 0.1) is 11.6 Å². The molecule has 0 spiro atoms. The molecule has 0 aromatic heterocycles. The minimum Gasteiger partial charge on any atom is -0.383 e. The van der Waals surface area contributed by atoms with E-state index >= 15 is 0 Å². The quantitative estimate of drug-likeness (QED) is 0.748. The van der Waals surface area contributed by atoms with Crippen molar-refractivity contribution in [3.63, 3.8) is 0 Å². The number of amides is 2. The SMILES string of the molecule is COCC(N)C(=O)Nc1cc(F)c(F)cc1NC(C)=O. The molecule has 0 saturated carbocycles.